The minimum Gasteiger partial charge on any atom is -0.505 e. The minimum absolute atomic E-state index is 0.00904. The second-order valence-electron chi connectivity index (χ2n) is 4.12. The standard InChI is InChI=1S/2C6HCl5O.CH2O3/c2*7-1-2(8)4(10)6(12)5(11)3(1)9;2-1(3)4/h2*12H;(H2,2,3,4). The van der Waals surface area contributed by atoms with E-state index in [-0.39, 0.29) is 61.7 Å². The Labute approximate surface area is 207 Å². The molecule has 0 unspecified atom stereocenters. The van der Waals surface area contributed by atoms with Gasteiger partial charge in [-0.2, -0.15) is 0 Å². The summed E-state index contributed by atoms with van der Waals surface area (Å²) < 4.78 is 0. The van der Waals surface area contributed by atoms with Gasteiger partial charge >= 0.3 is 6.16 Å². The summed E-state index contributed by atoms with van der Waals surface area (Å²) in [5.41, 5.74) is 0. The normalized spacial score (nSPS) is 9.79. The molecule has 0 radical (unpaired) electrons. The van der Waals surface area contributed by atoms with E-state index in [0.29, 0.717) is 0 Å². The van der Waals surface area contributed by atoms with Crippen molar-refractivity contribution in [3.8, 4) is 11.5 Å². The quantitative estimate of drug-likeness (QED) is 0.180. The summed E-state index contributed by atoms with van der Waals surface area (Å²) in [6, 6.07) is 0. The van der Waals surface area contributed by atoms with Gasteiger partial charge in [-0.25, -0.2) is 4.79 Å². The summed E-state index contributed by atoms with van der Waals surface area (Å²) in [5, 5.41) is 32.0. The molecule has 2 rings (SSSR count). The van der Waals surface area contributed by atoms with Crippen LogP contribution in [0.15, 0.2) is 0 Å². The number of halogens is 10. The zero-order valence-electron chi connectivity index (χ0n) is 12.5. The molecular formula is C13H4Cl10O5. The number of phenolic OH excluding ortho intramolecular Hbond substituents is 2. The molecule has 0 aliphatic heterocycles. The van der Waals surface area contributed by atoms with Crippen molar-refractivity contribution in [1.82, 2.24) is 0 Å². The maximum Gasteiger partial charge on any atom is 0.503 e. The molecule has 0 saturated heterocycles. The number of phenols is 2. The van der Waals surface area contributed by atoms with E-state index in [1.165, 1.54) is 0 Å². The fourth-order valence-electron chi connectivity index (χ4n) is 1.19. The van der Waals surface area contributed by atoms with E-state index in [9.17, 15) is 10.2 Å². The number of carboxylic acid groups (broad SMARTS) is 2. The first-order valence-corrected chi connectivity index (χ1v) is 9.77. The largest absolute Gasteiger partial charge is 0.505 e. The van der Waals surface area contributed by atoms with E-state index >= 15 is 0 Å². The van der Waals surface area contributed by atoms with Crippen molar-refractivity contribution in [2.75, 3.05) is 0 Å². The van der Waals surface area contributed by atoms with Crippen molar-refractivity contribution in [2.24, 2.45) is 0 Å². The first-order valence-electron chi connectivity index (χ1n) is 5.99. The van der Waals surface area contributed by atoms with Gasteiger partial charge in [-0.3, -0.25) is 0 Å². The Bertz CT molecular complexity index is 621. The third-order valence-corrected chi connectivity index (χ3v) is 6.89. The zero-order valence-corrected chi connectivity index (χ0v) is 20.0. The molecule has 4 N–H and O–H groups in total. The SMILES string of the molecule is O=C(O)O.Oc1c(Cl)c(Cl)c(Cl)c(Cl)c1Cl.Oc1c(Cl)c(Cl)c(Cl)c(Cl)c1Cl. The van der Waals surface area contributed by atoms with Crippen LogP contribution in [0.2, 0.25) is 50.2 Å². The average Bonchev–Trinajstić information content (AvgIpc) is 2.64. The molecule has 0 amide bonds. The highest BCUT2D eigenvalue weighted by molar-refractivity contribution is 6.56. The second-order valence-corrected chi connectivity index (χ2v) is 7.90. The van der Waals surface area contributed by atoms with Gasteiger partial charge in [0.15, 0.2) is 11.5 Å². The summed E-state index contributed by atoms with van der Waals surface area (Å²) in [6.45, 7) is 0. The second kappa shape index (κ2) is 12.2. The van der Waals surface area contributed by atoms with E-state index in [4.69, 9.17) is 131 Å². The van der Waals surface area contributed by atoms with Crippen LogP contribution in [0.25, 0.3) is 0 Å². The van der Waals surface area contributed by atoms with Crippen molar-refractivity contribution in [3.63, 3.8) is 0 Å². The van der Waals surface area contributed by atoms with Crippen molar-refractivity contribution in [3.05, 3.63) is 50.2 Å². The Morgan fingerprint density at radius 2 is 0.536 bits per heavy atom. The summed E-state index contributed by atoms with van der Waals surface area (Å²) >= 11 is 55.8. The van der Waals surface area contributed by atoms with E-state index in [0.717, 1.165) is 0 Å². The number of carbonyl (C=O) groups is 1. The molecule has 2 aromatic rings. The molecule has 15 heteroatoms. The number of rotatable bonds is 0. The molecule has 0 heterocycles. The fourth-order valence-corrected chi connectivity index (χ4v) is 3.44. The van der Waals surface area contributed by atoms with E-state index in [2.05, 4.69) is 0 Å². The molecule has 0 bridgehead atoms. The molecule has 5 nitrogen and oxygen atoms in total. The first-order chi connectivity index (χ1) is 12.7. The van der Waals surface area contributed by atoms with Crippen LogP contribution in [0, 0.1) is 0 Å². The zero-order chi connectivity index (χ0) is 22.5. The molecule has 0 fully saturated rings. The van der Waals surface area contributed by atoms with Crippen LogP contribution in [0.5, 0.6) is 11.5 Å². The molecule has 156 valence electrons. The molecule has 0 aliphatic carbocycles. The van der Waals surface area contributed by atoms with Gasteiger partial charge in [-0.1, -0.05) is 116 Å². The van der Waals surface area contributed by atoms with Gasteiger partial charge in [-0.05, 0) is 0 Å². The molecule has 0 spiro atoms. The molecule has 28 heavy (non-hydrogen) atoms. The lowest BCUT2D eigenvalue weighted by Crippen LogP contribution is -1.81. The van der Waals surface area contributed by atoms with Gasteiger partial charge in [0, 0.05) is 0 Å². The van der Waals surface area contributed by atoms with Crippen molar-refractivity contribution in [2.45, 2.75) is 0 Å². The highest BCUT2D eigenvalue weighted by atomic mass is 35.5. The smallest absolute Gasteiger partial charge is 0.503 e. The number of aromatic hydroxyl groups is 2. The molecule has 0 saturated carbocycles. The summed E-state index contributed by atoms with van der Waals surface area (Å²) in [7, 11) is 0. The Morgan fingerprint density at radius 3 is 0.679 bits per heavy atom. The minimum atomic E-state index is -1.83. The lowest BCUT2D eigenvalue weighted by atomic mass is 10.3. The number of benzene rings is 2. The van der Waals surface area contributed by atoms with Crippen LogP contribution >= 0.6 is 116 Å². The van der Waals surface area contributed by atoms with Crippen LogP contribution < -0.4 is 0 Å². The average molecular weight is 595 g/mol. The monoisotopic (exact) mass is 590 g/mol. The molecular weight excluding hydrogens is 591 g/mol. The van der Waals surface area contributed by atoms with Gasteiger partial charge in [0.25, 0.3) is 0 Å². The Balaban J connectivity index is 0.000000439. The van der Waals surface area contributed by atoms with E-state index in [1.54, 1.807) is 0 Å². The van der Waals surface area contributed by atoms with Gasteiger partial charge < -0.3 is 20.4 Å². The van der Waals surface area contributed by atoms with Crippen LogP contribution in [-0.4, -0.2) is 26.6 Å². The Morgan fingerprint density at radius 1 is 0.429 bits per heavy atom. The highest BCUT2D eigenvalue weighted by Crippen LogP contribution is 2.48. The van der Waals surface area contributed by atoms with Gasteiger partial charge in [-0.15, -0.1) is 0 Å². The molecule has 0 aliphatic rings. The maximum absolute atomic E-state index is 9.20. The molecule has 0 atom stereocenters. The van der Waals surface area contributed by atoms with Crippen molar-refractivity contribution in [1.29, 1.82) is 0 Å². The van der Waals surface area contributed by atoms with E-state index in [1.807, 2.05) is 0 Å². The first kappa shape index (κ1) is 28.2. The molecule has 2 aromatic carbocycles. The lowest BCUT2D eigenvalue weighted by Gasteiger charge is -2.06. The predicted molar refractivity (Wildman–Crippen MR) is 117 cm³/mol. The van der Waals surface area contributed by atoms with E-state index < -0.39 is 6.16 Å². The summed E-state index contributed by atoms with van der Waals surface area (Å²) in [4.78, 5) is 8.56. The predicted octanol–water partition coefficient (Wildman–Crippen LogP) is 9.54. The van der Waals surface area contributed by atoms with Gasteiger partial charge in [0.2, 0.25) is 0 Å². The van der Waals surface area contributed by atoms with Crippen molar-refractivity contribution < 1.29 is 25.2 Å². The van der Waals surface area contributed by atoms with Crippen LogP contribution in [0.4, 0.5) is 4.79 Å². The highest BCUT2D eigenvalue weighted by Gasteiger charge is 2.19. The molecule has 0 aromatic heterocycles. The summed E-state index contributed by atoms with van der Waals surface area (Å²) in [6.07, 6.45) is -1.83. The van der Waals surface area contributed by atoms with Crippen LogP contribution in [0.3, 0.4) is 0 Å². The van der Waals surface area contributed by atoms with Crippen molar-refractivity contribution >= 4 is 122 Å². The lowest BCUT2D eigenvalue weighted by molar-refractivity contribution is 0.137. The maximum atomic E-state index is 9.20. The number of hydrogen-bond acceptors (Lipinski definition) is 3. The van der Waals surface area contributed by atoms with Gasteiger partial charge in [0.1, 0.15) is 20.1 Å². The van der Waals surface area contributed by atoms with Crippen LogP contribution in [-0.2, 0) is 0 Å². The third kappa shape index (κ3) is 7.17. The Hall–Kier alpha value is 0.210. The topological polar surface area (TPSA) is 98.0 Å². The van der Waals surface area contributed by atoms with Crippen LogP contribution in [0.1, 0.15) is 0 Å². The summed E-state index contributed by atoms with van der Waals surface area (Å²) in [5.74, 6) is -0.726. The van der Waals surface area contributed by atoms with Gasteiger partial charge in [0.05, 0.1) is 30.1 Å². The Kier molecular flexibility index (Phi) is 12.2. The number of hydrogen-bond donors (Lipinski definition) is 4. The third-order valence-electron chi connectivity index (χ3n) is 2.37. The fraction of sp³-hybridized carbons (Fsp3) is 0.